The summed E-state index contributed by atoms with van der Waals surface area (Å²) in [5, 5.41) is 3.48. The zero-order valence-electron chi connectivity index (χ0n) is 9.72. The Labute approximate surface area is 127 Å². The Balaban J connectivity index is 0.000000408. The fourth-order valence-electron chi connectivity index (χ4n) is 1.57. The van der Waals surface area contributed by atoms with E-state index in [1.54, 1.807) is 6.20 Å². The first-order chi connectivity index (χ1) is 9.24. The van der Waals surface area contributed by atoms with Crippen molar-refractivity contribution in [3.05, 3.63) is 53.1 Å². The van der Waals surface area contributed by atoms with E-state index in [1.165, 1.54) is 10.9 Å². The predicted octanol–water partition coefficient (Wildman–Crippen LogP) is 2.17. The molecule has 1 N–H and O–H groups in total. The molecule has 19 heavy (non-hydrogen) atoms. The molecular weight excluding hydrogens is 478 g/mol. The van der Waals surface area contributed by atoms with Gasteiger partial charge in [0.15, 0.2) is 0 Å². The average molecular weight is 486 g/mol. The first-order valence-corrected chi connectivity index (χ1v) is 18.9. The number of rotatable bonds is 1. The summed E-state index contributed by atoms with van der Waals surface area (Å²) in [5.74, 6) is 0. The van der Waals surface area contributed by atoms with Crippen molar-refractivity contribution in [1.82, 2.24) is 10.3 Å². The SMILES string of the molecule is O=c1c[n+](-c2cnc3ccccc3c2)[nH]o1.[Cl][Hg][Cl]. The molecule has 0 bridgehead atoms. The number of nitrogens with zero attached hydrogens (tertiary/aromatic N) is 2. The number of benzene rings is 1. The third kappa shape index (κ3) is 3.78. The Morgan fingerprint density at radius 3 is 2.74 bits per heavy atom. The number of aromatic nitrogens is 3. The van der Waals surface area contributed by atoms with Crippen LogP contribution in [0.25, 0.3) is 16.6 Å². The van der Waals surface area contributed by atoms with Gasteiger partial charge in [-0.05, 0) is 16.0 Å². The molecule has 94 valence electrons. The van der Waals surface area contributed by atoms with Crippen molar-refractivity contribution in [3.8, 4) is 5.69 Å². The van der Waals surface area contributed by atoms with E-state index in [4.69, 9.17) is 16.5 Å². The summed E-state index contributed by atoms with van der Waals surface area (Å²) in [4.78, 5) is 15.2. The molecule has 0 saturated heterocycles. The van der Waals surface area contributed by atoms with Gasteiger partial charge in [0, 0.05) is 11.5 Å². The molecule has 0 aliphatic carbocycles. The van der Waals surface area contributed by atoms with Gasteiger partial charge in [0.2, 0.25) is 0 Å². The van der Waals surface area contributed by atoms with Crippen LogP contribution in [0.5, 0.6) is 0 Å². The molecule has 0 aliphatic heterocycles. The Morgan fingerprint density at radius 1 is 1.32 bits per heavy atom. The molecule has 0 radical (unpaired) electrons. The van der Waals surface area contributed by atoms with Gasteiger partial charge in [-0.15, -0.1) is 0 Å². The van der Waals surface area contributed by atoms with Crippen LogP contribution in [0, 0.1) is 0 Å². The van der Waals surface area contributed by atoms with E-state index in [-0.39, 0.29) is 0 Å². The third-order valence-electron chi connectivity index (χ3n) is 2.33. The van der Waals surface area contributed by atoms with E-state index in [9.17, 15) is 4.79 Å². The summed E-state index contributed by atoms with van der Waals surface area (Å²) in [6.07, 6.45) is 3.00. The summed E-state index contributed by atoms with van der Waals surface area (Å²) < 4.78 is 6.07. The van der Waals surface area contributed by atoms with Crippen molar-refractivity contribution in [2.24, 2.45) is 0 Å². The second kappa shape index (κ2) is 7.02. The number of pyridine rings is 1. The van der Waals surface area contributed by atoms with Gasteiger partial charge in [0.1, 0.15) is 6.20 Å². The number of para-hydroxylation sites is 1. The molecule has 0 unspecified atom stereocenters. The van der Waals surface area contributed by atoms with Gasteiger partial charge in [0.05, 0.1) is 5.52 Å². The molecule has 0 atom stereocenters. The minimum absolute atomic E-state index is 0.423. The Morgan fingerprint density at radius 2 is 2.05 bits per heavy atom. The fraction of sp³-hybridized carbons (Fsp3) is 0. The van der Waals surface area contributed by atoms with E-state index >= 15 is 0 Å². The van der Waals surface area contributed by atoms with Gasteiger partial charge in [-0.25, -0.2) is 9.78 Å². The number of nitrogens with one attached hydrogen (secondary N) is 1. The molecule has 1 aromatic carbocycles. The predicted molar refractivity (Wildman–Crippen MR) is 67.9 cm³/mol. The van der Waals surface area contributed by atoms with Gasteiger partial charge in [-0.3, -0.25) is 4.52 Å². The minimum atomic E-state index is -1.14. The van der Waals surface area contributed by atoms with E-state index in [1.807, 2.05) is 30.3 Å². The fourth-order valence-corrected chi connectivity index (χ4v) is 1.57. The summed E-state index contributed by atoms with van der Waals surface area (Å²) in [6.45, 7) is 0. The molecule has 0 saturated carbocycles. The van der Waals surface area contributed by atoms with Gasteiger partial charge >= 0.3 is 44.2 Å². The third-order valence-corrected chi connectivity index (χ3v) is 2.33. The quantitative estimate of drug-likeness (QED) is 0.425. The maximum absolute atomic E-state index is 10.9. The number of hydrogen-bond acceptors (Lipinski definition) is 3. The molecule has 5 nitrogen and oxygen atoms in total. The number of fused-ring (bicyclic) bond motifs is 1. The first kappa shape index (κ1) is 14.5. The number of aromatic amines is 1. The van der Waals surface area contributed by atoms with Crippen LogP contribution in [0.4, 0.5) is 0 Å². The number of H-pyrrole nitrogens is 1. The molecule has 8 heteroatoms. The van der Waals surface area contributed by atoms with E-state index in [0.717, 1.165) is 16.6 Å². The average Bonchev–Trinajstić information content (AvgIpc) is 2.86. The first-order valence-electron chi connectivity index (χ1n) is 5.32. The molecule has 0 spiro atoms. The van der Waals surface area contributed by atoms with Crippen LogP contribution in [0.15, 0.2) is 52.0 Å². The molecule has 0 fully saturated rings. The normalized spacial score (nSPS) is 9.58. The molecule has 3 rings (SSSR count). The number of hydrogen-bond donors (Lipinski definition) is 1. The summed E-state index contributed by atoms with van der Waals surface area (Å²) >= 11 is -1.14. The molecule has 0 amide bonds. The van der Waals surface area contributed by atoms with Crippen LogP contribution >= 0.6 is 16.5 Å². The van der Waals surface area contributed by atoms with Crippen LogP contribution < -0.4 is 10.3 Å². The van der Waals surface area contributed by atoms with Crippen molar-refractivity contribution in [3.63, 3.8) is 0 Å². The molecule has 0 aliphatic rings. The second-order valence-corrected chi connectivity index (χ2v) is 11.4. The zero-order chi connectivity index (χ0) is 13.7. The molecule has 2 heterocycles. The van der Waals surface area contributed by atoms with Gasteiger partial charge in [-0.2, -0.15) is 0 Å². The number of halogens is 2. The summed E-state index contributed by atoms with van der Waals surface area (Å²) in [5.41, 5.74) is 1.25. The van der Waals surface area contributed by atoms with Crippen molar-refractivity contribution in [2.75, 3.05) is 0 Å². The van der Waals surface area contributed by atoms with Crippen molar-refractivity contribution < 1.29 is 31.3 Å². The Bertz CT molecular complexity index is 729. The molecule has 2 aromatic heterocycles. The van der Waals surface area contributed by atoms with Crippen LogP contribution in [0.3, 0.4) is 0 Å². The van der Waals surface area contributed by atoms with E-state index in [2.05, 4.69) is 14.8 Å². The molecular formula is C11H8Cl2HgN3O2+. The summed E-state index contributed by atoms with van der Waals surface area (Å²) in [7, 11) is 9.97. The van der Waals surface area contributed by atoms with Crippen LogP contribution in [0.2, 0.25) is 0 Å². The maximum atomic E-state index is 10.9. The van der Waals surface area contributed by atoms with Gasteiger partial charge in [0.25, 0.3) is 11.9 Å². The van der Waals surface area contributed by atoms with E-state index in [0.29, 0.717) is 0 Å². The second-order valence-electron chi connectivity index (χ2n) is 3.50. The van der Waals surface area contributed by atoms with Gasteiger partial charge < -0.3 is 0 Å². The standard InChI is InChI=1S/C11H7N3O2.2ClH.Hg/c15-11-7-14(13-16-11)9-5-8-3-1-2-4-10(8)12-6-9;;;/h1-7H;2*1H;/q;;;+2/p-1. The zero-order valence-corrected chi connectivity index (χ0v) is 16.7. The van der Waals surface area contributed by atoms with Crippen LogP contribution in [-0.2, 0) is 22.1 Å². The summed E-state index contributed by atoms with van der Waals surface area (Å²) in [6, 6.07) is 9.69. The van der Waals surface area contributed by atoms with Crippen molar-refractivity contribution in [2.45, 2.75) is 0 Å². The van der Waals surface area contributed by atoms with Crippen LogP contribution in [-0.4, -0.2) is 10.3 Å². The monoisotopic (exact) mass is 486 g/mol. The van der Waals surface area contributed by atoms with E-state index < -0.39 is 27.7 Å². The van der Waals surface area contributed by atoms with Crippen molar-refractivity contribution in [1.29, 1.82) is 0 Å². The van der Waals surface area contributed by atoms with Gasteiger partial charge in [-0.1, -0.05) is 18.2 Å². The Kier molecular flexibility index (Phi) is 5.36. The van der Waals surface area contributed by atoms with Crippen LogP contribution in [0.1, 0.15) is 0 Å². The molecule has 3 aromatic rings. The topological polar surface area (TPSA) is 62.8 Å². The van der Waals surface area contributed by atoms with Crippen molar-refractivity contribution >= 4 is 27.4 Å². The Hall–Kier alpha value is -0.915.